The Morgan fingerprint density at radius 1 is 1.00 bits per heavy atom. The molecule has 8 heteroatoms. The van der Waals surface area contributed by atoms with E-state index in [1.54, 1.807) is 0 Å². The number of halogens is 2. The Morgan fingerprint density at radius 2 is 1.35 bits per heavy atom. The van der Waals surface area contributed by atoms with E-state index in [2.05, 4.69) is 4.98 Å². The van der Waals surface area contributed by atoms with E-state index in [1.165, 1.54) is 26.0 Å². The molecule has 1 heterocycles. The number of hydrogen-bond donors (Lipinski definition) is 2. The van der Waals surface area contributed by atoms with E-state index in [0.29, 0.717) is 0 Å². The van der Waals surface area contributed by atoms with Gasteiger partial charge in [0.05, 0.1) is 12.2 Å². The second-order valence-corrected chi connectivity index (χ2v) is 4.08. The number of nitrogens with zero attached hydrogens (tertiary/aromatic N) is 3. The average Bonchev–Trinajstić information content (AvgIpc) is 2.33. The molecule has 0 aromatic carbocycles. The van der Waals surface area contributed by atoms with Gasteiger partial charge in [-0.2, -0.15) is 10.5 Å². The number of rotatable bonds is 3. The van der Waals surface area contributed by atoms with Crippen molar-refractivity contribution in [2.24, 2.45) is 0 Å². The number of pyridine rings is 1. The molecule has 1 aromatic rings. The van der Waals surface area contributed by atoms with Gasteiger partial charge in [-0.05, 0) is 13.8 Å². The summed E-state index contributed by atoms with van der Waals surface area (Å²) >= 11 is 0. The summed E-state index contributed by atoms with van der Waals surface area (Å²) in [6.45, 7) is 2.49. The zero-order chi connectivity index (χ0) is 14.7. The van der Waals surface area contributed by atoms with Gasteiger partial charge in [0, 0.05) is 28.6 Å². The summed E-state index contributed by atoms with van der Waals surface area (Å²) in [4.78, 5) is 3.24. The van der Waals surface area contributed by atoms with Crippen LogP contribution in [0.2, 0.25) is 0 Å². The maximum Gasteiger partial charge on any atom is 0.178 e. The van der Waals surface area contributed by atoms with Crippen LogP contribution in [0.3, 0.4) is 0 Å². The Bertz CT molecular complexity index is 533. The first-order valence-corrected chi connectivity index (χ1v) is 5.40. The zero-order valence-corrected chi connectivity index (χ0v) is 11.5. The Balaban J connectivity index is 0.00000361. The minimum atomic E-state index is -1.30. The molecule has 0 saturated heterocycles. The fourth-order valence-corrected chi connectivity index (χ4v) is 1.89. The molecule has 0 saturated carbocycles. The van der Waals surface area contributed by atoms with Crippen LogP contribution < -0.4 is 0 Å². The Morgan fingerprint density at radius 3 is 1.60 bits per heavy atom. The minimum Gasteiger partial charge on any atom is -0.393 e. The third-order valence-corrected chi connectivity index (χ3v) is 2.70. The molecule has 2 atom stereocenters. The Labute approximate surface area is 125 Å². The fourth-order valence-electron chi connectivity index (χ4n) is 1.89. The summed E-state index contributed by atoms with van der Waals surface area (Å²) in [6, 6.07) is 2.81. The Kier molecular flexibility index (Phi) is 6.70. The average molecular weight is 331 g/mol. The summed E-state index contributed by atoms with van der Waals surface area (Å²) in [5.41, 5.74) is -2.20. The van der Waals surface area contributed by atoms with Gasteiger partial charge in [0.2, 0.25) is 0 Å². The largest absolute Gasteiger partial charge is 0.393 e. The molecule has 0 aliphatic rings. The van der Waals surface area contributed by atoms with Crippen molar-refractivity contribution in [2.45, 2.75) is 32.0 Å². The molecule has 0 bridgehead atoms. The summed E-state index contributed by atoms with van der Waals surface area (Å²) in [5, 5.41) is 36.5. The van der Waals surface area contributed by atoms with Gasteiger partial charge in [0.1, 0.15) is 12.1 Å². The predicted octanol–water partition coefficient (Wildman–Crippen LogP) is 0.946. The van der Waals surface area contributed by atoms with Crippen molar-refractivity contribution in [3.63, 3.8) is 0 Å². The van der Waals surface area contributed by atoms with Crippen LogP contribution in [0, 0.1) is 34.3 Å². The fraction of sp³-hybridized carbons (Fsp3) is 0.417. The molecule has 0 spiro atoms. The van der Waals surface area contributed by atoms with Crippen LogP contribution in [-0.2, 0) is 17.1 Å². The minimum absolute atomic E-state index is 0. The van der Waals surface area contributed by atoms with Crippen molar-refractivity contribution in [1.82, 2.24) is 4.98 Å². The standard InChI is InChI=1S/C12H11F2N3O2.Cu/c1-5(18)9(6(2)19)10-11(13)7(3-15)17-8(4-16)12(10)14;/h5-6,9,18-19H,1-2H3;. The van der Waals surface area contributed by atoms with Gasteiger partial charge in [0.25, 0.3) is 0 Å². The molecule has 0 aliphatic carbocycles. The molecule has 2 unspecified atom stereocenters. The van der Waals surface area contributed by atoms with Gasteiger partial charge in [-0.15, -0.1) is 0 Å². The van der Waals surface area contributed by atoms with Crippen molar-refractivity contribution >= 4 is 0 Å². The number of hydrogen-bond acceptors (Lipinski definition) is 5. The van der Waals surface area contributed by atoms with Gasteiger partial charge >= 0.3 is 0 Å². The van der Waals surface area contributed by atoms with Crippen molar-refractivity contribution in [3.8, 4) is 12.1 Å². The molecule has 1 radical (unpaired) electrons. The normalized spacial score (nSPS) is 14.4. The summed E-state index contributed by atoms with van der Waals surface area (Å²) < 4.78 is 27.9. The summed E-state index contributed by atoms with van der Waals surface area (Å²) in [6.07, 6.45) is -2.55. The van der Waals surface area contributed by atoms with Crippen molar-refractivity contribution < 1.29 is 36.1 Å². The molecular weight excluding hydrogens is 320 g/mol. The van der Waals surface area contributed by atoms with Gasteiger partial charge in [0.15, 0.2) is 23.0 Å². The molecule has 0 amide bonds. The maximum absolute atomic E-state index is 14.0. The Hall–Kier alpha value is -1.57. The van der Waals surface area contributed by atoms with Crippen LogP contribution >= 0.6 is 0 Å². The number of aliphatic hydroxyl groups excluding tert-OH is 2. The second-order valence-electron chi connectivity index (χ2n) is 4.08. The van der Waals surface area contributed by atoms with Crippen molar-refractivity contribution in [3.05, 3.63) is 28.6 Å². The first-order chi connectivity index (χ1) is 8.84. The smallest absolute Gasteiger partial charge is 0.178 e. The van der Waals surface area contributed by atoms with Crippen molar-refractivity contribution in [1.29, 1.82) is 10.5 Å². The zero-order valence-electron chi connectivity index (χ0n) is 10.5. The number of aromatic nitrogens is 1. The number of aliphatic hydroxyl groups is 2. The van der Waals surface area contributed by atoms with Gasteiger partial charge in [-0.1, -0.05) is 0 Å². The van der Waals surface area contributed by atoms with E-state index in [9.17, 15) is 19.0 Å². The molecular formula is C12H11CuF2N3O2. The molecule has 0 fully saturated rings. The molecule has 20 heavy (non-hydrogen) atoms. The second kappa shape index (κ2) is 7.28. The van der Waals surface area contributed by atoms with Crippen LogP contribution in [0.1, 0.15) is 36.7 Å². The topological polar surface area (TPSA) is 101 Å². The van der Waals surface area contributed by atoms with E-state index in [-0.39, 0.29) is 17.1 Å². The van der Waals surface area contributed by atoms with E-state index in [4.69, 9.17) is 10.5 Å². The SMILES string of the molecule is CC(O)C(c1c(F)c(C#N)nc(C#N)c1F)C(C)O.[Cu]. The van der Waals surface area contributed by atoms with Crippen molar-refractivity contribution in [2.75, 3.05) is 0 Å². The van der Waals surface area contributed by atoms with Gasteiger partial charge in [-0.3, -0.25) is 0 Å². The predicted molar refractivity (Wildman–Crippen MR) is 59.7 cm³/mol. The third-order valence-electron chi connectivity index (χ3n) is 2.70. The quantitative estimate of drug-likeness (QED) is 0.803. The van der Waals surface area contributed by atoms with Crippen LogP contribution in [-0.4, -0.2) is 27.4 Å². The first kappa shape index (κ1) is 18.4. The molecule has 1 rings (SSSR count). The van der Waals surface area contributed by atoms with Crippen LogP contribution in [0.15, 0.2) is 0 Å². The maximum atomic E-state index is 14.0. The first-order valence-electron chi connectivity index (χ1n) is 5.40. The molecule has 2 N–H and O–H groups in total. The van der Waals surface area contributed by atoms with E-state index < -0.39 is 46.7 Å². The van der Waals surface area contributed by atoms with Gasteiger partial charge < -0.3 is 10.2 Å². The number of nitriles is 2. The van der Waals surface area contributed by atoms with E-state index in [1.807, 2.05) is 0 Å². The van der Waals surface area contributed by atoms with Crippen LogP contribution in [0.4, 0.5) is 8.78 Å². The van der Waals surface area contributed by atoms with E-state index in [0.717, 1.165) is 0 Å². The van der Waals surface area contributed by atoms with Crippen LogP contribution in [0.5, 0.6) is 0 Å². The summed E-state index contributed by atoms with van der Waals surface area (Å²) in [5.74, 6) is -3.85. The molecule has 5 nitrogen and oxygen atoms in total. The summed E-state index contributed by atoms with van der Waals surface area (Å²) in [7, 11) is 0. The monoisotopic (exact) mass is 330 g/mol. The molecule has 1 aromatic heterocycles. The van der Waals surface area contributed by atoms with Gasteiger partial charge in [-0.25, -0.2) is 13.8 Å². The van der Waals surface area contributed by atoms with E-state index >= 15 is 0 Å². The van der Waals surface area contributed by atoms with Crippen LogP contribution in [0.25, 0.3) is 0 Å². The molecule has 111 valence electrons. The molecule has 0 aliphatic heterocycles. The third kappa shape index (κ3) is 3.30.